The molecule has 12 heteroatoms. The van der Waals surface area contributed by atoms with Crippen LogP contribution in [0, 0.1) is 40.4 Å². The average molecular weight is 653 g/mol. The summed E-state index contributed by atoms with van der Waals surface area (Å²) < 4.78 is 30.8. The molecule has 1 aromatic rings. The van der Waals surface area contributed by atoms with Crippen molar-refractivity contribution in [2.24, 2.45) is 45.4 Å². The maximum absolute atomic E-state index is 13.9. The number of carbonyl (C=O) groups excluding carboxylic acids is 3. The van der Waals surface area contributed by atoms with E-state index in [1.807, 2.05) is 6.21 Å². The summed E-state index contributed by atoms with van der Waals surface area (Å²) in [6.07, 6.45) is 2.21. The quantitative estimate of drug-likeness (QED) is 0.314. The SMILES string of the molecule is CO[C@H]1[C@@H]2C[C@@H]3[C@H]1[C@](O)(C[C@@H]2OC)[C@]1(O)C2N=C[C@]4(COC(=O)c5ccccc5N5C(=O)CC(C)C5=O)CC[C@H](OC)[C@@]23[C@@H]4[C@@H]1OC. The molecular weight excluding hydrogens is 608 g/mol. The maximum atomic E-state index is 13.9. The predicted octanol–water partition coefficient (Wildman–Crippen LogP) is 1.78. The third kappa shape index (κ3) is 3.54. The Bertz CT molecular complexity index is 1550. The second-order valence-corrected chi connectivity index (χ2v) is 15.0. The van der Waals surface area contributed by atoms with Crippen LogP contribution < -0.4 is 4.90 Å². The molecule has 7 bridgehead atoms. The number of ether oxygens (including phenoxy) is 5. The van der Waals surface area contributed by atoms with Gasteiger partial charge in [0.2, 0.25) is 11.8 Å². The number of rotatable bonds is 8. The molecule has 7 aliphatic rings. The first kappa shape index (κ1) is 31.5. The number of para-hydroxylation sites is 1. The summed E-state index contributed by atoms with van der Waals surface area (Å²) in [5.41, 5.74) is -4.67. The van der Waals surface area contributed by atoms with E-state index in [1.54, 1.807) is 59.6 Å². The molecule has 6 fully saturated rings. The summed E-state index contributed by atoms with van der Waals surface area (Å²) in [5, 5.41) is 25.9. The van der Waals surface area contributed by atoms with E-state index in [4.69, 9.17) is 28.7 Å². The fraction of sp³-hybridized carbons (Fsp3) is 0.714. The maximum Gasteiger partial charge on any atom is 0.340 e. The second-order valence-electron chi connectivity index (χ2n) is 15.0. The van der Waals surface area contributed by atoms with Gasteiger partial charge in [-0.3, -0.25) is 14.6 Å². The number of aliphatic imine (C=N–C) groups is 1. The molecule has 1 saturated heterocycles. The van der Waals surface area contributed by atoms with Crippen molar-refractivity contribution in [3.05, 3.63) is 29.8 Å². The van der Waals surface area contributed by atoms with Crippen LogP contribution >= 0.6 is 0 Å². The number of anilines is 1. The van der Waals surface area contributed by atoms with E-state index in [0.29, 0.717) is 19.3 Å². The van der Waals surface area contributed by atoms with Crippen LogP contribution in [0.15, 0.2) is 29.3 Å². The van der Waals surface area contributed by atoms with Gasteiger partial charge in [-0.05, 0) is 37.3 Å². The zero-order valence-corrected chi connectivity index (χ0v) is 27.5. The lowest BCUT2D eigenvalue weighted by Gasteiger charge is -2.65. The van der Waals surface area contributed by atoms with Crippen molar-refractivity contribution in [1.29, 1.82) is 0 Å². The van der Waals surface area contributed by atoms with Gasteiger partial charge in [0.15, 0.2) is 0 Å². The lowest BCUT2D eigenvalue weighted by molar-refractivity contribution is -0.293. The van der Waals surface area contributed by atoms with E-state index >= 15 is 0 Å². The number of hydrogen-bond acceptors (Lipinski definition) is 11. The topological polar surface area (TPSA) is 153 Å². The minimum absolute atomic E-state index is 0.0187. The summed E-state index contributed by atoms with van der Waals surface area (Å²) in [7, 11) is 6.54. The number of benzene rings is 1. The molecule has 0 aromatic heterocycles. The van der Waals surface area contributed by atoms with Crippen LogP contribution in [-0.4, -0.2) is 111 Å². The first-order valence-electron chi connectivity index (χ1n) is 16.7. The number of carbonyl (C=O) groups is 3. The molecule has 0 radical (unpaired) electrons. The van der Waals surface area contributed by atoms with Gasteiger partial charge in [-0.25, -0.2) is 9.69 Å². The van der Waals surface area contributed by atoms with Gasteiger partial charge in [0.05, 0.1) is 41.7 Å². The third-order valence-electron chi connectivity index (χ3n) is 13.6. The van der Waals surface area contributed by atoms with E-state index in [1.165, 1.54) is 0 Å². The first-order valence-corrected chi connectivity index (χ1v) is 16.7. The van der Waals surface area contributed by atoms with Crippen LogP contribution in [0.3, 0.4) is 0 Å². The first-order chi connectivity index (χ1) is 22.5. The lowest BCUT2D eigenvalue weighted by atomic mass is 9.44. The number of imide groups is 1. The van der Waals surface area contributed by atoms with E-state index in [-0.39, 0.29) is 72.7 Å². The van der Waals surface area contributed by atoms with Gasteiger partial charge in [0.25, 0.3) is 0 Å². The highest BCUT2D eigenvalue weighted by molar-refractivity contribution is 6.22. The van der Waals surface area contributed by atoms with Crippen molar-refractivity contribution in [1.82, 2.24) is 0 Å². The van der Waals surface area contributed by atoms with Gasteiger partial charge in [-0.15, -0.1) is 0 Å². The third-order valence-corrected chi connectivity index (χ3v) is 13.6. The smallest absolute Gasteiger partial charge is 0.340 e. The van der Waals surface area contributed by atoms with Crippen LogP contribution in [0.2, 0.25) is 0 Å². The largest absolute Gasteiger partial charge is 0.461 e. The van der Waals surface area contributed by atoms with Gasteiger partial charge in [-0.1, -0.05) is 19.1 Å². The van der Waals surface area contributed by atoms with Crippen LogP contribution in [0.5, 0.6) is 0 Å². The minimum Gasteiger partial charge on any atom is -0.461 e. The Kier molecular flexibility index (Phi) is 6.96. The summed E-state index contributed by atoms with van der Waals surface area (Å²) in [4.78, 5) is 45.7. The molecule has 2 unspecified atom stereocenters. The standard InChI is InChI=1S/C35H44N2O10/c1-17-12-24(38)37(29(17)39)21-9-7-6-8-18(21)30(40)47-16-32-11-10-23(44-3)34-20-13-19-22(43-2)14-33(41,25(20)26(19)45-4)35(42,31(34)36-15-32)28(46-5)27(32)34/h6-9,15,17,19-20,22-23,25-28,31,41-42H,10-14,16H2,1-5H3/t17?,19-,20-,22+,23+,25-,26+,27-,28+,31?,32+,33-,34+,35-/m1/s1. The molecule has 2 aliphatic heterocycles. The molecule has 254 valence electrons. The Labute approximate surface area is 273 Å². The summed E-state index contributed by atoms with van der Waals surface area (Å²) in [5.74, 6) is -2.77. The van der Waals surface area contributed by atoms with Crippen molar-refractivity contribution in [3.8, 4) is 0 Å². The van der Waals surface area contributed by atoms with E-state index < -0.39 is 57.9 Å². The number of methoxy groups -OCH3 is 4. The number of aliphatic hydroxyl groups is 2. The molecule has 12 nitrogen and oxygen atoms in total. The van der Waals surface area contributed by atoms with Crippen molar-refractivity contribution >= 4 is 29.7 Å². The number of esters is 1. The van der Waals surface area contributed by atoms with Gasteiger partial charge in [0.1, 0.15) is 17.8 Å². The molecule has 2 amide bonds. The van der Waals surface area contributed by atoms with Gasteiger partial charge >= 0.3 is 5.97 Å². The van der Waals surface area contributed by atoms with Crippen molar-refractivity contribution < 1.29 is 48.3 Å². The molecule has 14 atom stereocenters. The molecule has 2 heterocycles. The Morgan fingerprint density at radius 1 is 1.06 bits per heavy atom. The molecule has 5 saturated carbocycles. The molecule has 1 aromatic carbocycles. The van der Waals surface area contributed by atoms with Gasteiger partial charge in [0, 0.05) is 82.0 Å². The molecule has 5 aliphatic carbocycles. The Morgan fingerprint density at radius 2 is 1.83 bits per heavy atom. The zero-order valence-electron chi connectivity index (χ0n) is 27.5. The van der Waals surface area contributed by atoms with Crippen molar-refractivity contribution in [2.75, 3.05) is 39.9 Å². The normalized spacial score (nSPS) is 48.7. The zero-order chi connectivity index (χ0) is 33.3. The van der Waals surface area contributed by atoms with Crippen LogP contribution in [0.1, 0.15) is 49.4 Å². The number of hydrogen-bond donors (Lipinski definition) is 2. The minimum atomic E-state index is -1.79. The molecule has 1 spiro atoms. The summed E-state index contributed by atoms with van der Waals surface area (Å²) >= 11 is 0. The van der Waals surface area contributed by atoms with E-state index in [2.05, 4.69) is 0 Å². The monoisotopic (exact) mass is 652 g/mol. The lowest BCUT2D eigenvalue weighted by Crippen LogP contribution is -2.77. The molecule has 2 N–H and O–H groups in total. The van der Waals surface area contributed by atoms with Gasteiger partial charge in [-0.2, -0.15) is 0 Å². The number of nitrogens with zero attached hydrogens (tertiary/aromatic N) is 2. The molecule has 47 heavy (non-hydrogen) atoms. The average Bonchev–Trinajstić information content (AvgIpc) is 3.58. The highest BCUT2D eigenvalue weighted by atomic mass is 16.5. The number of amides is 2. The van der Waals surface area contributed by atoms with Crippen LogP contribution in [-0.2, 0) is 33.3 Å². The highest BCUT2D eigenvalue weighted by Crippen LogP contribution is 2.79. The Morgan fingerprint density at radius 3 is 2.49 bits per heavy atom. The molecular formula is C35H44N2O10. The van der Waals surface area contributed by atoms with Gasteiger partial charge < -0.3 is 33.9 Å². The Balaban J connectivity index is 1.20. The summed E-state index contributed by atoms with van der Waals surface area (Å²) in [6.45, 7) is 1.63. The van der Waals surface area contributed by atoms with Crippen LogP contribution in [0.25, 0.3) is 0 Å². The van der Waals surface area contributed by atoms with E-state index in [0.717, 1.165) is 4.90 Å². The molecule has 8 rings (SSSR count). The van der Waals surface area contributed by atoms with Crippen molar-refractivity contribution in [2.45, 2.75) is 80.7 Å². The Hall–Kier alpha value is -2.74. The predicted molar refractivity (Wildman–Crippen MR) is 166 cm³/mol. The van der Waals surface area contributed by atoms with Crippen molar-refractivity contribution in [3.63, 3.8) is 0 Å². The highest BCUT2D eigenvalue weighted by Gasteiger charge is 2.90. The fourth-order valence-electron chi connectivity index (χ4n) is 12.1. The summed E-state index contributed by atoms with van der Waals surface area (Å²) in [6, 6.07) is 5.78. The fourth-order valence-corrected chi connectivity index (χ4v) is 12.1. The number of fused-ring (bicyclic) bond motifs is 2. The van der Waals surface area contributed by atoms with E-state index in [9.17, 15) is 24.6 Å². The second kappa shape index (κ2) is 10.4. The van der Waals surface area contributed by atoms with Crippen LogP contribution in [0.4, 0.5) is 5.69 Å².